The van der Waals surface area contributed by atoms with Crippen LogP contribution in [-0.2, 0) is 0 Å². The van der Waals surface area contributed by atoms with Crippen LogP contribution in [-0.4, -0.2) is 43.2 Å². The third-order valence-corrected chi connectivity index (χ3v) is 4.39. The number of hydrogen-bond acceptors (Lipinski definition) is 2. The number of benzene rings is 1. The molecule has 0 spiro atoms. The second kappa shape index (κ2) is 10.7. The van der Waals surface area contributed by atoms with Crippen molar-refractivity contribution in [2.75, 3.05) is 26.2 Å². The molecule has 4 nitrogen and oxygen atoms in total. The maximum atomic E-state index is 11.9. The molecule has 1 aromatic rings. The van der Waals surface area contributed by atoms with Crippen LogP contribution in [0.1, 0.15) is 44.6 Å². The van der Waals surface area contributed by atoms with Crippen molar-refractivity contribution < 1.29 is 4.79 Å². The van der Waals surface area contributed by atoms with Crippen molar-refractivity contribution in [3.8, 4) is 11.8 Å². The molecular weight excluding hydrogens is 298 g/mol. The van der Waals surface area contributed by atoms with E-state index >= 15 is 0 Å². The van der Waals surface area contributed by atoms with E-state index < -0.39 is 0 Å². The molecule has 1 heterocycles. The maximum absolute atomic E-state index is 11.9. The monoisotopic (exact) mass is 327 g/mol. The molecule has 1 fully saturated rings. The number of nitrogens with zero attached hydrogens (tertiary/aromatic N) is 1. The highest BCUT2D eigenvalue weighted by molar-refractivity contribution is 5.74. The van der Waals surface area contributed by atoms with Crippen molar-refractivity contribution >= 4 is 6.03 Å². The topological polar surface area (TPSA) is 44.4 Å². The van der Waals surface area contributed by atoms with Gasteiger partial charge in [-0.05, 0) is 44.5 Å². The quantitative estimate of drug-likeness (QED) is 0.789. The molecule has 0 aromatic heterocycles. The van der Waals surface area contributed by atoms with E-state index in [0.29, 0.717) is 12.6 Å². The van der Waals surface area contributed by atoms with Crippen LogP contribution in [0.4, 0.5) is 4.79 Å². The molecule has 0 bridgehead atoms. The summed E-state index contributed by atoms with van der Waals surface area (Å²) in [6.07, 6.45) is 6.17. The van der Waals surface area contributed by atoms with Crippen LogP contribution < -0.4 is 10.6 Å². The highest BCUT2D eigenvalue weighted by Gasteiger charge is 2.21. The van der Waals surface area contributed by atoms with E-state index in [0.717, 1.165) is 25.2 Å². The van der Waals surface area contributed by atoms with Crippen LogP contribution in [0, 0.1) is 11.8 Å². The van der Waals surface area contributed by atoms with E-state index in [2.05, 4.69) is 34.3 Å². The summed E-state index contributed by atoms with van der Waals surface area (Å²) in [5.41, 5.74) is 0.966. The first-order valence-electron chi connectivity index (χ1n) is 9.09. The lowest BCUT2D eigenvalue weighted by Gasteiger charge is -2.35. The summed E-state index contributed by atoms with van der Waals surface area (Å²) in [6, 6.07) is 10.1. The number of nitrogens with one attached hydrogen (secondary N) is 2. The standard InChI is InChI=1S/C20H29N3O/c1-2-3-15-23-16-8-7-13-19(23)17-22-20(24)21-14-9-12-18-10-5-4-6-11-18/h4-6,10-11,19H,2-3,7-8,13-17H2,1H3,(H2,21,22,24). The van der Waals surface area contributed by atoms with Gasteiger partial charge in [0.25, 0.3) is 0 Å². The van der Waals surface area contributed by atoms with Gasteiger partial charge in [-0.25, -0.2) is 4.79 Å². The molecule has 1 aliphatic rings. The van der Waals surface area contributed by atoms with Crippen molar-refractivity contribution in [1.29, 1.82) is 0 Å². The van der Waals surface area contributed by atoms with Crippen LogP contribution >= 0.6 is 0 Å². The lowest BCUT2D eigenvalue weighted by molar-refractivity contribution is 0.144. The van der Waals surface area contributed by atoms with Gasteiger partial charge in [-0.2, -0.15) is 0 Å². The van der Waals surface area contributed by atoms with E-state index in [1.165, 1.54) is 32.1 Å². The van der Waals surface area contributed by atoms with Gasteiger partial charge in [0.2, 0.25) is 0 Å². The number of rotatable bonds is 6. The normalized spacial score (nSPS) is 17.6. The summed E-state index contributed by atoms with van der Waals surface area (Å²) in [7, 11) is 0. The van der Waals surface area contributed by atoms with Gasteiger partial charge in [-0.3, -0.25) is 4.90 Å². The zero-order valence-electron chi connectivity index (χ0n) is 14.7. The molecule has 1 aliphatic heterocycles. The highest BCUT2D eigenvalue weighted by Crippen LogP contribution is 2.16. The average molecular weight is 327 g/mol. The van der Waals surface area contributed by atoms with Crippen molar-refractivity contribution in [2.24, 2.45) is 0 Å². The molecule has 2 rings (SSSR count). The Bertz CT molecular complexity index is 547. The fourth-order valence-corrected chi connectivity index (χ4v) is 3.01. The predicted molar refractivity (Wildman–Crippen MR) is 98.8 cm³/mol. The van der Waals surface area contributed by atoms with Crippen molar-refractivity contribution in [2.45, 2.75) is 45.1 Å². The van der Waals surface area contributed by atoms with Gasteiger partial charge in [0.15, 0.2) is 0 Å². The van der Waals surface area contributed by atoms with Gasteiger partial charge in [-0.1, -0.05) is 49.8 Å². The zero-order chi connectivity index (χ0) is 17.0. The Labute approximate surface area is 146 Å². The first-order valence-corrected chi connectivity index (χ1v) is 9.09. The lowest BCUT2D eigenvalue weighted by Crippen LogP contribution is -2.48. The Hall–Kier alpha value is -1.99. The Morgan fingerprint density at radius 2 is 2.08 bits per heavy atom. The van der Waals surface area contributed by atoms with Gasteiger partial charge in [0.1, 0.15) is 0 Å². The number of hydrogen-bond donors (Lipinski definition) is 2. The summed E-state index contributed by atoms with van der Waals surface area (Å²) < 4.78 is 0. The number of amides is 2. The van der Waals surface area contributed by atoms with Gasteiger partial charge in [0.05, 0.1) is 6.54 Å². The van der Waals surface area contributed by atoms with E-state index in [-0.39, 0.29) is 6.03 Å². The molecule has 2 amide bonds. The Morgan fingerprint density at radius 1 is 1.25 bits per heavy atom. The third-order valence-electron chi connectivity index (χ3n) is 4.39. The fraction of sp³-hybridized carbons (Fsp3) is 0.550. The van der Waals surface area contributed by atoms with E-state index in [4.69, 9.17) is 0 Å². The van der Waals surface area contributed by atoms with E-state index in [9.17, 15) is 4.79 Å². The van der Waals surface area contributed by atoms with Crippen LogP contribution in [0.3, 0.4) is 0 Å². The summed E-state index contributed by atoms with van der Waals surface area (Å²) >= 11 is 0. The van der Waals surface area contributed by atoms with Gasteiger partial charge in [0, 0.05) is 18.2 Å². The molecule has 1 saturated heterocycles. The van der Waals surface area contributed by atoms with E-state index in [1.807, 2.05) is 30.3 Å². The molecule has 0 aliphatic carbocycles. The van der Waals surface area contributed by atoms with E-state index in [1.54, 1.807) is 0 Å². The summed E-state index contributed by atoms with van der Waals surface area (Å²) in [6.45, 7) is 5.62. The van der Waals surface area contributed by atoms with Gasteiger partial charge in [-0.15, -0.1) is 0 Å². The number of unbranched alkanes of at least 4 members (excludes halogenated alkanes) is 1. The number of carbonyl (C=O) groups excluding carboxylic acids is 1. The zero-order valence-corrected chi connectivity index (χ0v) is 14.7. The number of urea groups is 1. The second-order valence-corrected chi connectivity index (χ2v) is 6.27. The summed E-state index contributed by atoms with van der Waals surface area (Å²) in [5.74, 6) is 6.01. The smallest absolute Gasteiger partial charge is 0.315 e. The highest BCUT2D eigenvalue weighted by atomic mass is 16.2. The molecule has 1 aromatic carbocycles. The predicted octanol–water partition coefficient (Wildman–Crippen LogP) is 2.99. The van der Waals surface area contributed by atoms with Crippen molar-refractivity contribution in [1.82, 2.24) is 15.5 Å². The minimum absolute atomic E-state index is 0.127. The van der Waals surface area contributed by atoms with Crippen LogP contribution in [0.5, 0.6) is 0 Å². The lowest BCUT2D eigenvalue weighted by atomic mass is 10.0. The molecule has 1 unspecified atom stereocenters. The molecule has 2 N–H and O–H groups in total. The van der Waals surface area contributed by atoms with Crippen molar-refractivity contribution in [3.63, 3.8) is 0 Å². The Balaban J connectivity index is 1.67. The largest absolute Gasteiger partial charge is 0.337 e. The minimum Gasteiger partial charge on any atom is -0.337 e. The molecular formula is C20H29N3O. The molecule has 0 saturated carbocycles. The summed E-state index contributed by atoms with van der Waals surface area (Å²) in [4.78, 5) is 14.4. The SMILES string of the molecule is CCCCN1CCCCC1CNC(=O)NCC#Cc1ccccc1. The molecule has 130 valence electrons. The minimum atomic E-state index is -0.127. The van der Waals surface area contributed by atoms with Crippen LogP contribution in [0.25, 0.3) is 0 Å². The average Bonchev–Trinajstić information content (AvgIpc) is 2.63. The van der Waals surface area contributed by atoms with Gasteiger partial charge >= 0.3 is 6.03 Å². The number of piperidine rings is 1. The molecule has 1 atom stereocenters. The molecule has 24 heavy (non-hydrogen) atoms. The van der Waals surface area contributed by atoms with Crippen molar-refractivity contribution in [3.05, 3.63) is 35.9 Å². The summed E-state index contributed by atoms with van der Waals surface area (Å²) in [5, 5.41) is 5.81. The van der Waals surface area contributed by atoms with Crippen LogP contribution in [0.15, 0.2) is 30.3 Å². The maximum Gasteiger partial charge on any atom is 0.315 e. The number of carbonyl (C=O) groups is 1. The first-order chi connectivity index (χ1) is 11.8. The second-order valence-electron chi connectivity index (χ2n) is 6.27. The Kier molecular flexibility index (Phi) is 8.20. The third kappa shape index (κ3) is 6.64. The number of likely N-dealkylation sites (tertiary alicyclic amines) is 1. The Morgan fingerprint density at radius 3 is 2.88 bits per heavy atom. The fourth-order valence-electron chi connectivity index (χ4n) is 3.01. The van der Waals surface area contributed by atoms with Crippen LogP contribution in [0.2, 0.25) is 0 Å². The first kappa shape index (κ1) is 18.4. The molecule has 0 radical (unpaired) electrons. The molecule has 4 heteroatoms. The van der Waals surface area contributed by atoms with Gasteiger partial charge < -0.3 is 10.6 Å².